The summed E-state index contributed by atoms with van der Waals surface area (Å²) in [6.45, 7) is 9.27. The topological polar surface area (TPSA) is 58.2 Å². The highest BCUT2D eigenvalue weighted by molar-refractivity contribution is 5.76. The van der Waals surface area contributed by atoms with Crippen molar-refractivity contribution in [3.05, 3.63) is 0 Å². The monoisotopic (exact) mass is 242 g/mol. The van der Waals surface area contributed by atoms with Gasteiger partial charge in [-0.2, -0.15) is 0 Å². The third kappa shape index (κ3) is 8.72. The summed E-state index contributed by atoms with van der Waals surface area (Å²) >= 11 is 0. The van der Waals surface area contributed by atoms with E-state index in [1.165, 1.54) is 0 Å². The highest BCUT2D eigenvalue weighted by Gasteiger charge is 2.12. The van der Waals surface area contributed by atoms with Crippen molar-refractivity contribution in [3.8, 4) is 0 Å². The average Bonchev–Trinajstić information content (AvgIpc) is 2.30. The van der Waals surface area contributed by atoms with Crippen LogP contribution >= 0.6 is 0 Å². The number of nitrogens with one attached hydrogen (secondary N) is 2. The Balaban J connectivity index is 4.04. The van der Waals surface area contributed by atoms with Crippen molar-refractivity contribution in [1.82, 2.24) is 10.6 Å². The summed E-state index contributed by atoms with van der Waals surface area (Å²) in [4.78, 5) is 22.4. The minimum absolute atomic E-state index is 0.0700. The summed E-state index contributed by atoms with van der Waals surface area (Å²) in [5, 5.41) is 5.78. The van der Waals surface area contributed by atoms with Gasteiger partial charge in [0, 0.05) is 25.9 Å². The van der Waals surface area contributed by atoms with Crippen molar-refractivity contribution < 1.29 is 9.59 Å². The minimum Gasteiger partial charge on any atom is -0.356 e. The molecule has 0 saturated carbocycles. The van der Waals surface area contributed by atoms with Crippen LogP contribution in [0.15, 0.2) is 0 Å². The summed E-state index contributed by atoms with van der Waals surface area (Å²) in [5.74, 6) is 1.03. The van der Waals surface area contributed by atoms with E-state index in [2.05, 4.69) is 24.5 Å². The van der Waals surface area contributed by atoms with Gasteiger partial charge in [-0.05, 0) is 18.3 Å². The molecule has 0 bridgehead atoms. The molecule has 0 atom stereocenters. The molecule has 100 valence electrons. The van der Waals surface area contributed by atoms with E-state index in [1.54, 1.807) is 0 Å². The minimum atomic E-state index is 0.0700. The van der Waals surface area contributed by atoms with Crippen molar-refractivity contribution in [3.63, 3.8) is 0 Å². The largest absolute Gasteiger partial charge is 0.356 e. The van der Waals surface area contributed by atoms with Crippen LogP contribution in [0.4, 0.5) is 0 Å². The first-order valence-corrected chi connectivity index (χ1v) is 6.52. The predicted octanol–water partition coefficient (Wildman–Crippen LogP) is 1.70. The van der Waals surface area contributed by atoms with E-state index in [9.17, 15) is 9.59 Å². The number of rotatable bonds is 8. The quantitative estimate of drug-likeness (QED) is 0.680. The number of amides is 2. The number of carbonyl (C=O) groups is 2. The Hall–Kier alpha value is -1.06. The van der Waals surface area contributed by atoms with E-state index in [0.29, 0.717) is 37.8 Å². The van der Waals surface area contributed by atoms with Gasteiger partial charge in [0.05, 0.1) is 0 Å². The number of hydrogen-bond acceptors (Lipinski definition) is 2. The van der Waals surface area contributed by atoms with Gasteiger partial charge < -0.3 is 10.6 Å². The van der Waals surface area contributed by atoms with Gasteiger partial charge in [-0.1, -0.05) is 27.7 Å². The van der Waals surface area contributed by atoms with Gasteiger partial charge in [-0.25, -0.2) is 0 Å². The summed E-state index contributed by atoms with van der Waals surface area (Å²) < 4.78 is 0. The zero-order valence-electron chi connectivity index (χ0n) is 11.5. The summed E-state index contributed by atoms with van der Waals surface area (Å²) in [6, 6.07) is 0. The molecule has 0 aromatic rings. The Labute approximate surface area is 105 Å². The molecular formula is C13H26N2O2. The summed E-state index contributed by atoms with van der Waals surface area (Å²) in [7, 11) is 0. The molecule has 0 aliphatic heterocycles. The molecule has 0 aliphatic carbocycles. The first-order valence-electron chi connectivity index (χ1n) is 6.52. The van der Waals surface area contributed by atoms with E-state index >= 15 is 0 Å². The fourth-order valence-corrected chi connectivity index (χ4v) is 1.67. The van der Waals surface area contributed by atoms with Crippen LogP contribution < -0.4 is 10.6 Å². The third-order valence-corrected chi connectivity index (χ3v) is 2.62. The van der Waals surface area contributed by atoms with Crippen LogP contribution in [0, 0.1) is 11.8 Å². The molecular weight excluding hydrogens is 216 g/mol. The Morgan fingerprint density at radius 2 is 1.35 bits per heavy atom. The maximum Gasteiger partial charge on any atom is 0.219 e. The van der Waals surface area contributed by atoms with Crippen LogP contribution in [0.25, 0.3) is 0 Å². The molecule has 0 radical (unpaired) electrons. The lowest BCUT2D eigenvalue weighted by Gasteiger charge is -2.20. The third-order valence-electron chi connectivity index (χ3n) is 2.62. The molecule has 0 heterocycles. The molecule has 17 heavy (non-hydrogen) atoms. The van der Waals surface area contributed by atoms with E-state index < -0.39 is 0 Å². The van der Waals surface area contributed by atoms with Gasteiger partial charge in [0.25, 0.3) is 0 Å². The van der Waals surface area contributed by atoms with E-state index in [1.807, 2.05) is 13.8 Å². The molecule has 0 aromatic carbocycles. The molecule has 4 nitrogen and oxygen atoms in total. The van der Waals surface area contributed by atoms with Crippen LogP contribution in [-0.2, 0) is 9.59 Å². The van der Waals surface area contributed by atoms with Crippen molar-refractivity contribution in [2.24, 2.45) is 11.8 Å². The van der Waals surface area contributed by atoms with E-state index in [0.717, 1.165) is 6.42 Å². The van der Waals surface area contributed by atoms with Crippen molar-refractivity contribution in [1.29, 1.82) is 0 Å². The molecule has 0 saturated heterocycles. The van der Waals surface area contributed by atoms with Gasteiger partial charge >= 0.3 is 0 Å². The van der Waals surface area contributed by atoms with E-state index in [-0.39, 0.29) is 11.8 Å². The van der Waals surface area contributed by atoms with Crippen molar-refractivity contribution in [2.75, 3.05) is 13.1 Å². The first kappa shape index (κ1) is 15.9. The Morgan fingerprint density at radius 3 is 1.65 bits per heavy atom. The van der Waals surface area contributed by atoms with Crippen LogP contribution in [-0.4, -0.2) is 24.9 Å². The smallest absolute Gasteiger partial charge is 0.219 e. The molecule has 0 fully saturated rings. The van der Waals surface area contributed by atoms with Crippen LogP contribution in [0.1, 0.15) is 47.0 Å². The maximum absolute atomic E-state index is 11.2. The van der Waals surface area contributed by atoms with Gasteiger partial charge in [0.2, 0.25) is 11.8 Å². The second-order valence-corrected chi connectivity index (χ2v) is 4.81. The molecule has 0 aromatic heterocycles. The van der Waals surface area contributed by atoms with Crippen LogP contribution in [0.5, 0.6) is 0 Å². The molecule has 2 amide bonds. The van der Waals surface area contributed by atoms with Crippen molar-refractivity contribution in [2.45, 2.75) is 47.0 Å². The highest BCUT2D eigenvalue weighted by atomic mass is 16.2. The number of hydrogen-bond donors (Lipinski definition) is 2. The van der Waals surface area contributed by atoms with Crippen molar-refractivity contribution >= 4 is 11.8 Å². The lowest BCUT2D eigenvalue weighted by molar-refractivity contribution is -0.121. The zero-order chi connectivity index (χ0) is 13.3. The van der Waals surface area contributed by atoms with Crippen LogP contribution in [0.2, 0.25) is 0 Å². The average molecular weight is 242 g/mol. The van der Waals surface area contributed by atoms with Gasteiger partial charge in [-0.15, -0.1) is 0 Å². The molecule has 2 N–H and O–H groups in total. The lowest BCUT2D eigenvalue weighted by atomic mass is 9.97. The van der Waals surface area contributed by atoms with Crippen LogP contribution in [0.3, 0.4) is 0 Å². The Bertz CT molecular complexity index is 220. The zero-order valence-corrected chi connectivity index (χ0v) is 11.5. The van der Waals surface area contributed by atoms with Gasteiger partial charge in [-0.3, -0.25) is 9.59 Å². The summed E-state index contributed by atoms with van der Waals surface area (Å²) in [5.41, 5.74) is 0. The summed E-state index contributed by atoms with van der Waals surface area (Å²) in [6.07, 6.45) is 2.03. The number of carbonyl (C=O) groups excluding carboxylic acids is 2. The standard InChI is InChI=1S/C13H26N2O2/c1-5-12(16)14-8-11(7-10(3)4)9-15-13(17)6-2/h10-11H,5-9H2,1-4H3,(H,14,16)(H,15,17). The SMILES string of the molecule is CCC(=O)NCC(CNC(=O)CC)CC(C)C. The second kappa shape index (κ2) is 9.02. The molecule has 4 heteroatoms. The highest BCUT2D eigenvalue weighted by Crippen LogP contribution is 2.10. The fraction of sp³-hybridized carbons (Fsp3) is 0.846. The molecule has 0 unspecified atom stereocenters. The first-order chi connectivity index (χ1) is 7.99. The lowest BCUT2D eigenvalue weighted by Crippen LogP contribution is -2.36. The molecule has 0 rings (SSSR count). The van der Waals surface area contributed by atoms with Gasteiger partial charge in [0.15, 0.2) is 0 Å². The normalized spacial score (nSPS) is 10.7. The van der Waals surface area contributed by atoms with E-state index in [4.69, 9.17) is 0 Å². The molecule has 0 aliphatic rings. The Morgan fingerprint density at radius 1 is 0.941 bits per heavy atom. The predicted molar refractivity (Wildman–Crippen MR) is 69.5 cm³/mol. The Kier molecular flexibility index (Phi) is 8.46. The maximum atomic E-state index is 11.2. The second-order valence-electron chi connectivity index (χ2n) is 4.81. The molecule has 0 spiro atoms. The fourth-order valence-electron chi connectivity index (χ4n) is 1.67. The van der Waals surface area contributed by atoms with Gasteiger partial charge in [0.1, 0.15) is 0 Å².